The molecular formula is C20H38B2F4. The molecule has 0 aromatic rings. The fraction of sp³-hybridized carbons (Fsp3) is 1.00. The highest BCUT2D eigenvalue weighted by Crippen LogP contribution is 2.55. The van der Waals surface area contributed by atoms with Crippen LogP contribution in [0.1, 0.15) is 92.9 Å². The highest BCUT2D eigenvalue weighted by molar-refractivity contribution is 6.41. The van der Waals surface area contributed by atoms with Gasteiger partial charge in [0.15, 0.2) is 0 Å². The minimum absolute atomic E-state index is 0.0325. The van der Waals surface area contributed by atoms with Gasteiger partial charge in [0.1, 0.15) is 7.85 Å². The second-order valence-electron chi connectivity index (χ2n) is 10.2. The molecule has 0 saturated heterocycles. The molecule has 0 heterocycles. The molecule has 6 heteroatoms. The summed E-state index contributed by atoms with van der Waals surface area (Å²) in [5.74, 6) is -8.23. The SMILES string of the molecule is BC1(C(C)(C)CC)CCCC(BC(F)(F)C(F)(F)C(C)(C)CC)CCC1. The van der Waals surface area contributed by atoms with Crippen LogP contribution >= 0.6 is 0 Å². The molecule has 0 unspecified atom stereocenters. The standard InChI is InChI=1S/C20H38B2F4/c1-7-16(3,4)18(21)13-9-11-15(12-10-14-18)22-20(25,26)19(23,24)17(5,6)8-2/h15,22H,7-14,21H2,1-6H3. The van der Waals surface area contributed by atoms with Crippen molar-refractivity contribution in [1.82, 2.24) is 0 Å². The highest BCUT2D eigenvalue weighted by atomic mass is 19.3. The Morgan fingerprint density at radius 2 is 1.38 bits per heavy atom. The van der Waals surface area contributed by atoms with Crippen molar-refractivity contribution in [2.75, 3.05) is 0 Å². The summed E-state index contributed by atoms with van der Waals surface area (Å²) in [5.41, 5.74) is -1.48. The highest BCUT2D eigenvalue weighted by Gasteiger charge is 2.64. The smallest absolute Gasteiger partial charge is 0.211 e. The number of alkyl halides is 4. The van der Waals surface area contributed by atoms with Crippen LogP contribution < -0.4 is 0 Å². The molecule has 1 rings (SSSR count). The van der Waals surface area contributed by atoms with Gasteiger partial charge in [0.25, 0.3) is 5.82 Å². The van der Waals surface area contributed by atoms with Crippen LogP contribution in [-0.4, -0.2) is 26.9 Å². The maximum absolute atomic E-state index is 14.5. The average molecular weight is 376 g/mol. The van der Waals surface area contributed by atoms with Crippen LogP contribution in [0.2, 0.25) is 11.1 Å². The first-order chi connectivity index (χ1) is 11.7. The first-order valence-electron chi connectivity index (χ1n) is 10.4. The first kappa shape index (κ1) is 23.9. The number of hydrogen-bond acceptors (Lipinski definition) is 0. The minimum atomic E-state index is -3.98. The number of halogens is 4. The second kappa shape index (κ2) is 8.07. The predicted octanol–water partition coefficient (Wildman–Crippen LogP) is 6.46. The Bertz CT molecular complexity index is 451. The molecule has 1 aliphatic carbocycles. The van der Waals surface area contributed by atoms with Crippen molar-refractivity contribution in [2.45, 2.75) is 116 Å². The summed E-state index contributed by atoms with van der Waals surface area (Å²) in [5, 5.41) is 0.198. The van der Waals surface area contributed by atoms with Gasteiger partial charge in [-0.25, -0.2) is 17.6 Å². The van der Waals surface area contributed by atoms with E-state index in [9.17, 15) is 17.6 Å². The third kappa shape index (κ3) is 4.63. The van der Waals surface area contributed by atoms with Crippen LogP contribution in [0.25, 0.3) is 0 Å². The first-order valence-corrected chi connectivity index (χ1v) is 10.4. The van der Waals surface area contributed by atoms with Gasteiger partial charge in [-0.2, -0.15) is 0 Å². The molecule has 0 atom stereocenters. The second-order valence-corrected chi connectivity index (χ2v) is 10.2. The molecule has 0 aromatic carbocycles. The Morgan fingerprint density at radius 3 is 1.77 bits per heavy atom. The maximum Gasteiger partial charge on any atom is 0.306 e. The lowest BCUT2D eigenvalue weighted by atomic mass is 9.46. The van der Waals surface area contributed by atoms with Crippen LogP contribution in [0.4, 0.5) is 17.6 Å². The molecular weight excluding hydrogens is 338 g/mol. The van der Waals surface area contributed by atoms with E-state index in [2.05, 4.69) is 28.6 Å². The molecule has 0 bridgehead atoms. The van der Waals surface area contributed by atoms with E-state index in [0.29, 0.717) is 12.8 Å². The molecule has 0 radical (unpaired) electrons. The van der Waals surface area contributed by atoms with Crippen molar-refractivity contribution >= 4 is 15.1 Å². The third-order valence-corrected chi connectivity index (χ3v) is 7.94. The maximum atomic E-state index is 14.5. The van der Waals surface area contributed by atoms with Crippen molar-refractivity contribution in [3.8, 4) is 0 Å². The molecule has 1 saturated carbocycles. The van der Waals surface area contributed by atoms with Crippen LogP contribution in [0, 0.1) is 10.8 Å². The van der Waals surface area contributed by atoms with Crippen LogP contribution in [0.5, 0.6) is 0 Å². The Morgan fingerprint density at radius 1 is 0.923 bits per heavy atom. The zero-order chi connectivity index (χ0) is 20.4. The molecule has 1 fully saturated rings. The normalized spacial score (nSPS) is 26.9. The molecule has 1 aliphatic rings. The third-order valence-electron chi connectivity index (χ3n) is 7.94. The zero-order valence-corrected chi connectivity index (χ0v) is 18.0. The van der Waals surface area contributed by atoms with Crippen molar-refractivity contribution < 1.29 is 17.6 Å². The van der Waals surface area contributed by atoms with Crippen molar-refractivity contribution in [2.24, 2.45) is 10.8 Å². The van der Waals surface area contributed by atoms with E-state index < -0.39 is 24.4 Å². The topological polar surface area (TPSA) is 0 Å². The van der Waals surface area contributed by atoms with Gasteiger partial charge in [-0.05, 0) is 11.8 Å². The van der Waals surface area contributed by atoms with Gasteiger partial charge in [0.05, 0.1) is 0 Å². The predicted molar refractivity (Wildman–Crippen MR) is 108 cm³/mol. The summed E-state index contributed by atoms with van der Waals surface area (Å²) in [7, 11) is 1.63. The Labute approximate surface area is 159 Å². The molecule has 0 aliphatic heterocycles. The molecule has 0 amide bonds. The summed E-state index contributed by atoms with van der Waals surface area (Å²) in [4.78, 5) is 0. The minimum Gasteiger partial charge on any atom is -0.211 e. The summed E-state index contributed by atoms with van der Waals surface area (Å²) in [6.07, 6.45) is 6.07. The molecule has 0 nitrogen and oxygen atoms in total. The van der Waals surface area contributed by atoms with E-state index in [1.807, 2.05) is 0 Å². The summed E-state index contributed by atoms with van der Waals surface area (Å²) in [6.45, 7) is 10.8. The van der Waals surface area contributed by atoms with E-state index in [-0.39, 0.29) is 23.0 Å². The lowest BCUT2D eigenvalue weighted by Crippen LogP contribution is -2.55. The van der Waals surface area contributed by atoms with Gasteiger partial charge in [-0.3, -0.25) is 0 Å². The Balaban J connectivity index is 2.80. The van der Waals surface area contributed by atoms with Crippen LogP contribution in [0.3, 0.4) is 0 Å². The Kier molecular flexibility index (Phi) is 7.42. The van der Waals surface area contributed by atoms with E-state index in [1.54, 1.807) is 6.92 Å². The van der Waals surface area contributed by atoms with Crippen LogP contribution in [-0.2, 0) is 0 Å². The van der Waals surface area contributed by atoms with E-state index in [4.69, 9.17) is 0 Å². The average Bonchev–Trinajstić information content (AvgIpc) is 2.51. The molecule has 0 aromatic heterocycles. The van der Waals surface area contributed by atoms with E-state index in [0.717, 1.165) is 32.1 Å². The molecule has 0 N–H and O–H groups in total. The van der Waals surface area contributed by atoms with E-state index >= 15 is 0 Å². The lowest BCUT2D eigenvalue weighted by molar-refractivity contribution is -0.223. The monoisotopic (exact) mass is 376 g/mol. The Hall–Kier alpha value is -0.150. The van der Waals surface area contributed by atoms with Crippen molar-refractivity contribution in [1.29, 1.82) is 0 Å². The van der Waals surface area contributed by atoms with Gasteiger partial charge in [-0.1, -0.05) is 97.6 Å². The zero-order valence-electron chi connectivity index (χ0n) is 18.0. The fourth-order valence-corrected chi connectivity index (χ4v) is 4.35. The summed E-state index contributed by atoms with van der Waals surface area (Å²) < 4.78 is 58.1. The molecule has 0 spiro atoms. The summed E-state index contributed by atoms with van der Waals surface area (Å²) in [6, 6.07) is 0. The summed E-state index contributed by atoms with van der Waals surface area (Å²) >= 11 is 0. The number of rotatable bonds is 7. The lowest BCUT2D eigenvalue weighted by Gasteiger charge is -2.46. The van der Waals surface area contributed by atoms with Crippen LogP contribution in [0.15, 0.2) is 0 Å². The quantitative estimate of drug-likeness (QED) is 0.354. The van der Waals surface area contributed by atoms with Gasteiger partial charge in [-0.15, -0.1) is 0 Å². The van der Waals surface area contributed by atoms with Crippen molar-refractivity contribution in [3.05, 3.63) is 0 Å². The van der Waals surface area contributed by atoms with E-state index in [1.165, 1.54) is 13.8 Å². The van der Waals surface area contributed by atoms with Crippen molar-refractivity contribution in [3.63, 3.8) is 0 Å². The molecule has 26 heavy (non-hydrogen) atoms. The van der Waals surface area contributed by atoms with Gasteiger partial charge in [0, 0.05) is 5.41 Å². The molecule has 152 valence electrons. The fourth-order valence-electron chi connectivity index (χ4n) is 4.35. The van der Waals surface area contributed by atoms with Gasteiger partial charge >= 0.3 is 5.92 Å². The number of hydrogen-bond donors (Lipinski definition) is 0. The van der Waals surface area contributed by atoms with Gasteiger partial charge in [0.2, 0.25) is 7.28 Å². The largest absolute Gasteiger partial charge is 0.306 e. The van der Waals surface area contributed by atoms with Gasteiger partial charge < -0.3 is 0 Å².